The molecular formula is C10H13NO3S. The van der Waals surface area contributed by atoms with Gasteiger partial charge in [-0.2, -0.15) is 0 Å². The summed E-state index contributed by atoms with van der Waals surface area (Å²) in [6.45, 7) is 0. The minimum Gasteiger partial charge on any atom is -0.480 e. The number of carbonyl (C=O) groups excluding carboxylic acids is 1. The third-order valence-electron chi connectivity index (χ3n) is 2.18. The Labute approximate surface area is 91.7 Å². The van der Waals surface area contributed by atoms with Crippen LogP contribution in [-0.4, -0.2) is 23.4 Å². The lowest BCUT2D eigenvalue weighted by atomic mass is 10.00. The second-order valence-corrected chi connectivity index (χ2v) is 4.26. The Bertz CT molecular complexity index is 323. The Kier molecular flexibility index (Phi) is 4.45. The van der Waals surface area contributed by atoms with Crippen LogP contribution in [0.25, 0.3) is 0 Å². The van der Waals surface area contributed by atoms with Gasteiger partial charge in [0.05, 0.1) is 0 Å². The Balaban J connectivity index is 2.49. The smallest absolute Gasteiger partial charge is 0.320 e. The van der Waals surface area contributed by atoms with E-state index in [0.717, 1.165) is 11.2 Å². The molecule has 0 radical (unpaired) electrons. The molecule has 4 nitrogen and oxygen atoms in total. The number of aliphatic carboxylic acids is 1. The first kappa shape index (κ1) is 11.9. The van der Waals surface area contributed by atoms with Crippen LogP contribution < -0.4 is 5.73 Å². The second-order valence-electron chi connectivity index (χ2n) is 3.28. The van der Waals surface area contributed by atoms with Gasteiger partial charge in [-0.1, -0.05) is 6.07 Å². The van der Waals surface area contributed by atoms with Crippen molar-refractivity contribution in [1.29, 1.82) is 0 Å². The number of aldehydes is 1. The lowest BCUT2D eigenvalue weighted by Crippen LogP contribution is -2.30. The van der Waals surface area contributed by atoms with Crippen LogP contribution in [0.5, 0.6) is 0 Å². The zero-order valence-corrected chi connectivity index (χ0v) is 8.94. The van der Waals surface area contributed by atoms with E-state index in [-0.39, 0.29) is 5.92 Å². The number of carboxylic acids is 1. The maximum Gasteiger partial charge on any atom is 0.320 e. The van der Waals surface area contributed by atoms with Crippen LogP contribution in [0.2, 0.25) is 0 Å². The molecule has 0 saturated carbocycles. The van der Waals surface area contributed by atoms with E-state index in [2.05, 4.69) is 0 Å². The molecule has 3 N–H and O–H groups in total. The first-order valence-electron chi connectivity index (χ1n) is 4.62. The average molecular weight is 227 g/mol. The van der Waals surface area contributed by atoms with E-state index in [1.807, 2.05) is 17.5 Å². The standard InChI is InChI=1S/C10H13NO3S/c11-8(10(13)14)4-3-7(6-12)9-2-1-5-15-9/h1-2,5-8H,3-4,11H2,(H,13,14). The lowest BCUT2D eigenvalue weighted by molar-refractivity contribution is -0.138. The lowest BCUT2D eigenvalue weighted by Gasteiger charge is -2.10. The summed E-state index contributed by atoms with van der Waals surface area (Å²) in [5.41, 5.74) is 5.36. The van der Waals surface area contributed by atoms with E-state index in [1.54, 1.807) is 0 Å². The number of thiophene rings is 1. The van der Waals surface area contributed by atoms with E-state index >= 15 is 0 Å². The Morgan fingerprint density at radius 2 is 2.33 bits per heavy atom. The van der Waals surface area contributed by atoms with Gasteiger partial charge in [-0.15, -0.1) is 11.3 Å². The van der Waals surface area contributed by atoms with E-state index in [4.69, 9.17) is 10.8 Å². The summed E-state index contributed by atoms with van der Waals surface area (Å²) in [5.74, 6) is -1.25. The Morgan fingerprint density at radius 3 is 2.80 bits per heavy atom. The van der Waals surface area contributed by atoms with Gasteiger partial charge in [0.2, 0.25) is 0 Å². The molecular weight excluding hydrogens is 214 g/mol. The first-order chi connectivity index (χ1) is 7.15. The van der Waals surface area contributed by atoms with Crippen LogP contribution >= 0.6 is 11.3 Å². The molecule has 1 aromatic heterocycles. The van der Waals surface area contributed by atoms with Gasteiger partial charge in [-0.25, -0.2) is 0 Å². The highest BCUT2D eigenvalue weighted by Crippen LogP contribution is 2.24. The van der Waals surface area contributed by atoms with Gasteiger partial charge in [-0.3, -0.25) is 4.79 Å². The molecule has 0 aliphatic carbocycles. The molecule has 1 rings (SSSR count). The SMILES string of the molecule is NC(CCC(C=O)c1cccs1)C(=O)O. The van der Waals surface area contributed by atoms with E-state index in [1.165, 1.54) is 11.3 Å². The van der Waals surface area contributed by atoms with Gasteiger partial charge in [0.25, 0.3) is 0 Å². The van der Waals surface area contributed by atoms with Gasteiger partial charge in [-0.05, 0) is 24.3 Å². The number of carbonyl (C=O) groups is 2. The molecule has 2 atom stereocenters. The van der Waals surface area contributed by atoms with Crippen molar-refractivity contribution in [1.82, 2.24) is 0 Å². The maximum absolute atomic E-state index is 10.8. The van der Waals surface area contributed by atoms with E-state index < -0.39 is 12.0 Å². The monoisotopic (exact) mass is 227 g/mol. The highest BCUT2D eigenvalue weighted by atomic mass is 32.1. The van der Waals surface area contributed by atoms with Crippen molar-refractivity contribution in [2.24, 2.45) is 5.73 Å². The number of rotatable bonds is 6. The summed E-state index contributed by atoms with van der Waals surface area (Å²) >= 11 is 1.50. The minimum absolute atomic E-state index is 0.226. The molecule has 0 spiro atoms. The van der Waals surface area contributed by atoms with Crippen molar-refractivity contribution in [3.05, 3.63) is 22.4 Å². The zero-order chi connectivity index (χ0) is 11.3. The highest BCUT2D eigenvalue weighted by molar-refractivity contribution is 7.10. The van der Waals surface area contributed by atoms with Gasteiger partial charge in [0, 0.05) is 10.8 Å². The molecule has 0 aromatic carbocycles. The van der Waals surface area contributed by atoms with Crippen molar-refractivity contribution in [3.8, 4) is 0 Å². The minimum atomic E-state index is -1.02. The third-order valence-corrected chi connectivity index (χ3v) is 3.18. The fourth-order valence-electron chi connectivity index (χ4n) is 1.26. The van der Waals surface area contributed by atoms with Crippen LogP contribution in [-0.2, 0) is 9.59 Å². The van der Waals surface area contributed by atoms with Gasteiger partial charge >= 0.3 is 5.97 Å². The van der Waals surface area contributed by atoms with Crippen molar-refractivity contribution in [2.75, 3.05) is 0 Å². The van der Waals surface area contributed by atoms with E-state index in [0.29, 0.717) is 12.8 Å². The quantitative estimate of drug-likeness (QED) is 0.716. The topological polar surface area (TPSA) is 80.4 Å². The molecule has 0 aliphatic heterocycles. The molecule has 0 bridgehead atoms. The van der Waals surface area contributed by atoms with Gasteiger partial charge in [0.15, 0.2) is 0 Å². The Hall–Kier alpha value is -1.20. The van der Waals surface area contributed by atoms with Crippen LogP contribution in [0.3, 0.4) is 0 Å². The number of hydrogen-bond donors (Lipinski definition) is 2. The molecule has 5 heteroatoms. The molecule has 0 saturated heterocycles. The van der Waals surface area contributed by atoms with Crippen LogP contribution in [0.4, 0.5) is 0 Å². The molecule has 1 heterocycles. The highest BCUT2D eigenvalue weighted by Gasteiger charge is 2.16. The fourth-order valence-corrected chi connectivity index (χ4v) is 2.08. The fraction of sp³-hybridized carbons (Fsp3) is 0.400. The first-order valence-corrected chi connectivity index (χ1v) is 5.50. The van der Waals surface area contributed by atoms with E-state index in [9.17, 15) is 9.59 Å². The van der Waals surface area contributed by atoms with Crippen molar-refractivity contribution >= 4 is 23.6 Å². The molecule has 15 heavy (non-hydrogen) atoms. The molecule has 1 aromatic rings. The molecule has 0 amide bonds. The maximum atomic E-state index is 10.8. The van der Waals surface area contributed by atoms with Crippen LogP contribution in [0.1, 0.15) is 23.6 Å². The van der Waals surface area contributed by atoms with Crippen molar-refractivity contribution in [2.45, 2.75) is 24.8 Å². The number of carboxylic acid groups (broad SMARTS) is 1. The van der Waals surface area contributed by atoms with Gasteiger partial charge < -0.3 is 15.6 Å². The summed E-state index contributed by atoms with van der Waals surface area (Å²) in [6.07, 6.45) is 1.65. The van der Waals surface area contributed by atoms with Gasteiger partial charge in [0.1, 0.15) is 12.3 Å². The zero-order valence-electron chi connectivity index (χ0n) is 8.13. The predicted octanol–water partition coefficient (Wildman–Crippen LogP) is 1.22. The Morgan fingerprint density at radius 1 is 1.60 bits per heavy atom. The summed E-state index contributed by atoms with van der Waals surface area (Å²) in [4.78, 5) is 22.2. The normalized spacial score (nSPS) is 14.5. The van der Waals surface area contributed by atoms with Crippen molar-refractivity contribution < 1.29 is 14.7 Å². The second kappa shape index (κ2) is 5.63. The molecule has 82 valence electrons. The summed E-state index contributed by atoms with van der Waals surface area (Å²) in [5, 5.41) is 10.5. The molecule has 2 unspecified atom stereocenters. The molecule has 0 fully saturated rings. The molecule has 0 aliphatic rings. The summed E-state index contributed by atoms with van der Waals surface area (Å²) < 4.78 is 0. The average Bonchev–Trinajstić information content (AvgIpc) is 2.71. The van der Waals surface area contributed by atoms with Crippen molar-refractivity contribution in [3.63, 3.8) is 0 Å². The number of nitrogens with two attached hydrogens (primary N) is 1. The summed E-state index contributed by atoms with van der Waals surface area (Å²) in [7, 11) is 0. The van der Waals surface area contributed by atoms with Crippen LogP contribution in [0.15, 0.2) is 17.5 Å². The predicted molar refractivity (Wildman–Crippen MR) is 58.0 cm³/mol. The largest absolute Gasteiger partial charge is 0.480 e. The summed E-state index contributed by atoms with van der Waals surface area (Å²) in [6, 6.07) is 2.86. The van der Waals surface area contributed by atoms with Crippen LogP contribution in [0, 0.1) is 0 Å². The number of hydrogen-bond acceptors (Lipinski definition) is 4. The third kappa shape index (κ3) is 3.45.